The summed E-state index contributed by atoms with van der Waals surface area (Å²) in [5, 5.41) is 0. The Labute approximate surface area is 177 Å². The minimum atomic E-state index is -0.520. The van der Waals surface area contributed by atoms with Crippen LogP contribution in [0.1, 0.15) is 44.6 Å². The molecule has 0 unspecified atom stereocenters. The Kier molecular flexibility index (Phi) is 6.98. The number of allylic oxidation sites excluding steroid dienone is 2. The van der Waals surface area contributed by atoms with E-state index in [0.717, 1.165) is 19.3 Å². The van der Waals surface area contributed by atoms with Gasteiger partial charge in [-0.2, -0.15) is 0 Å². The highest BCUT2D eigenvalue weighted by molar-refractivity contribution is 6.16. The third-order valence-electron chi connectivity index (χ3n) is 5.68. The molecule has 30 heavy (non-hydrogen) atoms. The summed E-state index contributed by atoms with van der Waals surface area (Å²) in [6.07, 6.45) is 9.38. The van der Waals surface area contributed by atoms with Gasteiger partial charge >= 0.3 is 5.97 Å². The summed E-state index contributed by atoms with van der Waals surface area (Å²) in [6, 6.07) is 5.42. The molecule has 1 amide bonds. The minimum absolute atomic E-state index is 0.200. The van der Waals surface area contributed by atoms with Crippen LogP contribution in [0.3, 0.4) is 0 Å². The van der Waals surface area contributed by atoms with E-state index in [2.05, 4.69) is 6.08 Å². The maximum absolute atomic E-state index is 13.3. The number of rotatable bonds is 7. The molecule has 3 rings (SSSR count). The number of methoxy groups -OCH3 is 3. The van der Waals surface area contributed by atoms with Gasteiger partial charge in [-0.1, -0.05) is 23.8 Å². The lowest BCUT2D eigenvalue weighted by molar-refractivity contribution is -0.136. The highest BCUT2D eigenvalue weighted by Gasteiger charge is 2.37. The van der Waals surface area contributed by atoms with E-state index in [-0.39, 0.29) is 5.91 Å². The number of nitrogens with zero attached hydrogens (tertiary/aromatic N) is 1. The Morgan fingerprint density at radius 3 is 2.60 bits per heavy atom. The number of benzene rings is 1. The monoisotopic (exact) mass is 411 g/mol. The summed E-state index contributed by atoms with van der Waals surface area (Å²) in [5.41, 5.74) is 3.27. The molecule has 6 nitrogen and oxygen atoms in total. The van der Waals surface area contributed by atoms with Crippen LogP contribution in [-0.4, -0.2) is 44.7 Å². The van der Waals surface area contributed by atoms with Crippen LogP contribution in [0.5, 0.6) is 11.5 Å². The number of ether oxygens (including phenoxy) is 3. The average molecular weight is 411 g/mol. The summed E-state index contributed by atoms with van der Waals surface area (Å²) in [4.78, 5) is 27.5. The van der Waals surface area contributed by atoms with Gasteiger partial charge in [0, 0.05) is 17.8 Å². The number of amides is 1. The Hall–Kier alpha value is -3.02. The molecule has 1 aliphatic heterocycles. The second-order valence-corrected chi connectivity index (χ2v) is 7.41. The van der Waals surface area contributed by atoms with Crippen LogP contribution < -0.4 is 9.47 Å². The Bertz CT molecular complexity index is 926. The molecule has 6 heteroatoms. The lowest BCUT2D eigenvalue weighted by Crippen LogP contribution is -2.26. The van der Waals surface area contributed by atoms with Crippen LogP contribution in [0.15, 0.2) is 46.7 Å². The Morgan fingerprint density at radius 2 is 1.97 bits per heavy atom. The highest BCUT2D eigenvalue weighted by atomic mass is 16.5. The topological polar surface area (TPSA) is 65.1 Å². The van der Waals surface area contributed by atoms with E-state index in [4.69, 9.17) is 14.2 Å². The zero-order valence-corrected chi connectivity index (χ0v) is 18.1. The number of esters is 1. The largest absolute Gasteiger partial charge is 0.493 e. The fraction of sp³-hybridized carbons (Fsp3) is 0.417. The summed E-state index contributed by atoms with van der Waals surface area (Å²) < 4.78 is 15.8. The molecule has 0 atom stereocenters. The third kappa shape index (κ3) is 4.27. The molecule has 0 saturated heterocycles. The number of para-hydroxylation sites is 1. The van der Waals surface area contributed by atoms with Crippen LogP contribution in [0.2, 0.25) is 0 Å². The Morgan fingerprint density at radius 1 is 1.17 bits per heavy atom. The van der Waals surface area contributed by atoms with E-state index in [1.165, 1.54) is 25.5 Å². The lowest BCUT2D eigenvalue weighted by Gasteiger charge is -2.20. The van der Waals surface area contributed by atoms with Crippen LogP contribution in [0.25, 0.3) is 6.08 Å². The van der Waals surface area contributed by atoms with Crippen molar-refractivity contribution in [2.75, 3.05) is 27.9 Å². The molecule has 0 bridgehead atoms. The molecule has 0 aromatic heterocycles. The molecule has 0 fully saturated rings. The van der Waals surface area contributed by atoms with Gasteiger partial charge in [0.1, 0.15) is 0 Å². The molecule has 0 saturated carbocycles. The smallest absolute Gasteiger partial charge is 0.340 e. The van der Waals surface area contributed by atoms with Gasteiger partial charge in [-0.25, -0.2) is 4.79 Å². The van der Waals surface area contributed by atoms with Crippen molar-refractivity contribution < 1.29 is 23.8 Å². The first-order valence-electron chi connectivity index (χ1n) is 10.2. The number of hydrogen-bond acceptors (Lipinski definition) is 5. The van der Waals surface area contributed by atoms with E-state index < -0.39 is 5.97 Å². The maximum atomic E-state index is 13.3. The van der Waals surface area contributed by atoms with Gasteiger partial charge in [0.25, 0.3) is 5.91 Å². The van der Waals surface area contributed by atoms with Crippen LogP contribution in [0.4, 0.5) is 0 Å². The number of carbonyl (C=O) groups excluding carboxylic acids is 2. The summed E-state index contributed by atoms with van der Waals surface area (Å²) in [6.45, 7) is 2.34. The van der Waals surface area contributed by atoms with Crippen molar-refractivity contribution in [3.63, 3.8) is 0 Å². The molecule has 2 aliphatic rings. The van der Waals surface area contributed by atoms with Crippen molar-refractivity contribution in [1.29, 1.82) is 0 Å². The quantitative estimate of drug-likeness (QED) is 0.381. The molecular formula is C24H29NO5. The standard InChI is InChI=1S/C24H29NO5/c1-16-21(24(27)30-4)19(15-18-11-8-12-20(28-2)22(18)29-3)23(26)25(16)14-13-17-9-6-5-7-10-17/h8-9,11-12,15H,5-7,10,13-14H2,1-4H3/b19-15-. The molecule has 160 valence electrons. The van der Waals surface area contributed by atoms with Crippen molar-refractivity contribution >= 4 is 18.0 Å². The van der Waals surface area contributed by atoms with E-state index in [9.17, 15) is 9.59 Å². The van der Waals surface area contributed by atoms with E-state index in [0.29, 0.717) is 40.5 Å². The van der Waals surface area contributed by atoms with E-state index in [1.807, 2.05) is 12.1 Å². The molecule has 0 radical (unpaired) electrons. The fourth-order valence-electron chi connectivity index (χ4n) is 4.07. The second-order valence-electron chi connectivity index (χ2n) is 7.41. The first kappa shape index (κ1) is 21.7. The van der Waals surface area contributed by atoms with E-state index in [1.54, 1.807) is 38.2 Å². The molecule has 1 heterocycles. The van der Waals surface area contributed by atoms with Gasteiger partial charge in [0.05, 0.1) is 32.5 Å². The van der Waals surface area contributed by atoms with Gasteiger partial charge in [0.15, 0.2) is 11.5 Å². The van der Waals surface area contributed by atoms with Gasteiger partial charge in [-0.15, -0.1) is 0 Å². The fourth-order valence-corrected chi connectivity index (χ4v) is 4.07. The molecule has 0 spiro atoms. The average Bonchev–Trinajstić information content (AvgIpc) is 3.01. The van der Waals surface area contributed by atoms with Crippen molar-refractivity contribution in [2.45, 2.75) is 39.0 Å². The summed E-state index contributed by atoms with van der Waals surface area (Å²) in [7, 11) is 4.43. The zero-order chi connectivity index (χ0) is 21.7. The molecule has 0 N–H and O–H groups in total. The molecular weight excluding hydrogens is 382 g/mol. The summed E-state index contributed by atoms with van der Waals surface area (Å²) >= 11 is 0. The lowest BCUT2D eigenvalue weighted by atomic mass is 9.97. The minimum Gasteiger partial charge on any atom is -0.493 e. The first-order chi connectivity index (χ1) is 14.5. The van der Waals surface area contributed by atoms with Gasteiger partial charge in [-0.3, -0.25) is 4.79 Å². The molecule has 1 aliphatic carbocycles. The van der Waals surface area contributed by atoms with Crippen molar-refractivity contribution in [1.82, 2.24) is 4.90 Å². The second kappa shape index (κ2) is 9.65. The maximum Gasteiger partial charge on any atom is 0.340 e. The van der Waals surface area contributed by atoms with Crippen LogP contribution in [0, 0.1) is 0 Å². The molecule has 1 aromatic rings. The van der Waals surface area contributed by atoms with Crippen molar-refractivity contribution in [3.05, 3.63) is 52.3 Å². The highest BCUT2D eigenvalue weighted by Crippen LogP contribution is 2.37. The predicted molar refractivity (Wildman–Crippen MR) is 115 cm³/mol. The van der Waals surface area contributed by atoms with Crippen molar-refractivity contribution in [2.24, 2.45) is 0 Å². The number of hydrogen-bond donors (Lipinski definition) is 0. The van der Waals surface area contributed by atoms with Gasteiger partial charge < -0.3 is 19.1 Å². The predicted octanol–water partition coefficient (Wildman–Crippen LogP) is 4.27. The number of carbonyl (C=O) groups is 2. The summed E-state index contributed by atoms with van der Waals surface area (Å²) in [5.74, 6) is 0.342. The van der Waals surface area contributed by atoms with Gasteiger partial charge in [0.2, 0.25) is 0 Å². The SMILES string of the molecule is COC(=O)C1=C(C)N(CCC2=CCCCC2)C(=O)/C1=C\c1cccc(OC)c1OC. The third-order valence-corrected chi connectivity index (χ3v) is 5.68. The van der Waals surface area contributed by atoms with Crippen molar-refractivity contribution in [3.8, 4) is 11.5 Å². The van der Waals surface area contributed by atoms with Gasteiger partial charge in [-0.05, 0) is 51.2 Å². The zero-order valence-electron chi connectivity index (χ0n) is 18.1. The Balaban J connectivity index is 1.97. The van der Waals surface area contributed by atoms with Crippen LogP contribution in [-0.2, 0) is 14.3 Å². The molecule has 1 aromatic carbocycles. The van der Waals surface area contributed by atoms with Crippen LogP contribution >= 0.6 is 0 Å². The first-order valence-corrected chi connectivity index (χ1v) is 10.2. The van der Waals surface area contributed by atoms with E-state index >= 15 is 0 Å². The normalized spacial score (nSPS) is 18.0.